The lowest BCUT2D eigenvalue weighted by Crippen LogP contribution is -2.47. The Bertz CT molecular complexity index is 207. The minimum Gasteiger partial charge on any atom is -0.337 e. The standard InChI is InChI=1S/C11H20N2O/c1-2-11(14)13(9-3-4-9)10-5-7-12-8-6-10/h9-10,12H,2-8H2,1H3. The molecule has 0 unspecified atom stereocenters. The van der Waals surface area contributed by atoms with Gasteiger partial charge in [0, 0.05) is 18.5 Å². The van der Waals surface area contributed by atoms with Crippen LogP contribution >= 0.6 is 0 Å². The van der Waals surface area contributed by atoms with Gasteiger partial charge in [-0.1, -0.05) is 6.92 Å². The van der Waals surface area contributed by atoms with Crippen LogP contribution < -0.4 is 5.32 Å². The highest BCUT2D eigenvalue weighted by Gasteiger charge is 2.36. The number of hydrogen-bond donors (Lipinski definition) is 1. The van der Waals surface area contributed by atoms with Gasteiger partial charge in [0.25, 0.3) is 0 Å². The maximum absolute atomic E-state index is 11.8. The van der Waals surface area contributed by atoms with Crippen molar-refractivity contribution in [3.63, 3.8) is 0 Å². The van der Waals surface area contributed by atoms with Crippen LogP contribution in [0.3, 0.4) is 0 Å². The zero-order chi connectivity index (χ0) is 9.97. The van der Waals surface area contributed by atoms with Gasteiger partial charge in [0.1, 0.15) is 0 Å². The summed E-state index contributed by atoms with van der Waals surface area (Å²) in [6, 6.07) is 1.11. The maximum atomic E-state index is 11.8. The normalized spacial score (nSPS) is 23.5. The Labute approximate surface area is 85.8 Å². The predicted octanol–water partition coefficient (Wildman–Crippen LogP) is 1.14. The molecule has 1 heterocycles. The second kappa shape index (κ2) is 4.30. The highest BCUT2D eigenvalue weighted by Crippen LogP contribution is 2.31. The lowest BCUT2D eigenvalue weighted by molar-refractivity contribution is -0.134. The number of rotatable bonds is 3. The fourth-order valence-electron chi connectivity index (χ4n) is 2.33. The quantitative estimate of drug-likeness (QED) is 0.734. The SMILES string of the molecule is CCC(=O)N(C1CCNCC1)C1CC1. The van der Waals surface area contributed by atoms with Gasteiger partial charge in [0.2, 0.25) is 5.91 Å². The summed E-state index contributed by atoms with van der Waals surface area (Å²) in [4.78, 5) is 14.0. The van der Waals surface area contributed by atoms with E-state index in [1.54, 1.807) is 0 Å². The maximum Gasteiger partial charge on any atom is 0.222 e. The van der Waals surface area contributed by atoms with E-state index in [-0.39, 0.29) is 0 Å². The van der Waals surface area contributed by atoms with Gasteiger partial charge in [-0.05, 0) is 38.8 Å². The van der Waals surface area contributed by atoms with E-state index < -0.39 is 0 Å². The summed E-state index contributed by atoms with van der Waals surface area (Å²) < 4.78 is 0. The second-order valence-electron chi connectivity index (χ2n) is 4.37. The van der Waals surface area contributed by atoms with Gasteiger partial charge < -0.3 is 10.2 Å². The van der Waals surface area contributed by atoms with Gasteiger partial charge in [-0.15, -0.1) is 0 Å². The summed E-state index contributed by atoms with van der Waals surface area (Å²) in [6.45, 7) is 4.12. The first kappa shape index (κ1) is 9.97. The molecular weight excluding hydrogens is 176 g/mol. The molecule has 1 N–H and O–H groups in total. The molecule has 1 saturated carbocycles. The van der Waals surface area contributed by atoms with Crippen LogP contribution in [0.2, 0.25) is 0 Å². The van der Waals surface area contributed by atoms with Crippen LogP contribution in [0.4, 0.5) is 0 Å². The molecule has 0 spiro atoms. The Morgan fingerprint density at radius 3 is 2.29 bits per heavy atom. The van der Waals surface area contributed by atoms with Gasteiger partial charge in [0.15, 0.2) is 0 Å². The van der Waals surface area contributed by atoms with E-state index in [0.29, 0.717) is 24.4 Å². The fraction of sp³-hybridized carbons (Fsp3) is 0.909. The Morgan fingerprint density at radius 2 is 1.79 bits per heavy atom. The van der Waals surface area contributed by atoms with Crippen LogP contribution in [0.1, 0.15) is 39.0 Å². The minimum atomic E-state index is 0.361. The molecule has 2 rings (SSSR count). The highest BCUT2D eigenvalue weighted by molar-refractivity contribution is 5.76. The number of carbonyl (C=O) groups excluding carboxylic acids is 1. The Balaban J connectivity index is 1.97. The molecule has 1 saturated heterocycles. The monoisotopic (exact) mass is 196 g/mol. The van der Waals surface area contributed by atoms with Crippen molar-refractivity contribution in [2.45, 2.75) is 51.1 Å². The average Bonchev–Trinajstić information content (AvgIpc) is 3.04. The summed E-state index contributed by atoms with van der Waals surface area (Å²) in [6.07, 6.45) is 5.41. The van der Waals surface area contributed by atoms with Crippen molar-refractivity contribution in [2.75, 3.05) is 13.1 Å². The van der Waals surface area contributed by atoms with E-state index in [0.717, 1.165) is 25.9 Å². The number of nitrogens with zero attached hydrogens (tertiary/aromatic N) is 1. The first-order valence-electron chi connectivity index (χ1n) is 5.84. The number of amides is 1. The van der Waals surface area contributed by atoms with Crippen LogP contribution in [0.25, 0.3) is 0 Å². The van der Waals surface area contributed by atoms with Crippen LogP contribution in [0.15, 0.2) is 0 Å². The van der Waals surface area contributed by atoms with Gasteiger partial charge in [-0.25, -0.2) is 0 Å². The molecule has 0 aromatic heterocycles. The third kappa shape index (κ3) is 2.08. The summed E-state index contributed by atoms with van der Waals surface area (Å²) in [5.41, 5.74) is 0. The van der Waals surface area contributed by atoms with Crippen LogP contribution in [-0.2, 0) is 4.79 Å². The fourth-order valence-corrected chi connectivity index (χ4v) is 2.33. The molecule has 2 aliphatic rings. The van der Waals surface area contributed by atoms with Crippen molar-refractivity contribution >= 4 is 5.91 Å². The first-order chi connectivity index (χ1) is 6.83. The van der Waals surface area contributed by atoms with Crippen molar-refractivity contribution in [1.82, 2.24) is 10.2 Å². The third-order valence-corrected chi connectivity index (χ3v) is 3.23. The molecule has 0 aromatic rings. The summed E-state index contributed by atoms with van der Waals surface area (Å²) in [5.74, 6) is 0.361. The molecule has 2 fully saturated rings. The second-order valence-corrected chi connectivity index (χ2v) is 4.37. The van der Waals surface area contributed by atoms with Gasteiger partial charge in [0.05, 0.1) is 0 Å². The molecule has 14 heavy (non-hydrogen) atoms. The third-order valence-electron chi connectivity index (χ3n) is 3.23. The van der Waals surface area contributed by atoms with E-state index >= 15 is 0 Å². The van der Waals surface area contributed by atoms with Gasteiger partial charge in [-0.2, -0.15) is 0 Å². The number of piperidine rings is 1. The molecule has 0 aromatic carbocycles. The molecule has 0 atom stereocenters. The Morgan fingerprint density at radius 1 is 1.21 bits per heavy atom. The topological polar surface area (TPSA) is 32.3 Å². The molecule has 1 aliphatic carbocycles. The molecule has 1 amide bonds. The first-order valence-corrected chi connectivity index (χ1v) is 5.84. The average molecular weight is 196 g/mol. The predicted molar refractivity (Wildman–Crippen MR) is 56.1 cm³/mol. The molecule has 3 heteroatoms. The smallest absolute Gasteiger partial charge is 0.222 e. The highest BCUT2D eigenvalue weighted by atomic mass is 16.2. The van der Waals surface area contributed by atoms with Crippen LogP contribution in [-0.4, -0.2) is 36.0 Å². The summed E-state index contributed by atoms with van der Waals surface area (Å²) in [7, 11) is 0. The zero-order valence-corrected chi connectivity index (χ0v) is 8.96. The van der Waals surface area contributed by atoms with Crippen molar-refractivity contribution in [3.8, 4) is 0 Å². The summed E-state index contributed by atoms with van der Waals surface area (Å²) >= 11 is 0. The lowest BCUT2D eigenvalue weighted by Gasteiger charge is -2.34. The number of hydrogen-bond acceptors (Lipinski definition) is 2. The van der Waals surface area contributed by atoms with Gasteiger partial charge >= 0.3 is 0 Å². The van der Waals surface area contributed by atoms with Crippen LogP contribution in [0, 0.1) is 0 Å². The molecular formula is C11H20N2O. The Hall–Kier alpha value is -0.570. The van der Waals surface area contributed by atoms with E-state index in [4.69, 9.17) is 0 Å². The van der Waals surface area contributed by atoms with Crippen molar-refractivity contribution < 1.29 is 4.79 Å². The lowest BCUT2D eigenvalue weighted by atomic mass is 10.0. The molecule has 80 valence electrons. The molecule has 0 radical (unpaired) electrons. The Kier molecular flexibility index (Phi) is 3.06. The number of nitrogens with one attached hydrogen (secondary N) is 1. The van der Waals surface area contributed by atoms with Crippen LogP contribution in [0.5, 0.6) is 0 Å². The molecule has 1 aliphatic heterocycles. The van der Waals surface area contributed by atoms with Gasteiger partial charge in [-0.3, -0.25) is 4.79 Å². The molecule has 0 bridgehead atoms. The van der Waals surface area contributed by atoms with E-state index in [9.17, 15) is 4.79 Å². The van der Waals surface area contributed by atoms with E-state index in [2.05, 4.69) is 10.2 Å². The van der Waals surface area contributed by atoms with Crippen molar-refractivity contribution in [2.24, 2.45) is 0 Å². The zero-order valence-electron chi connectivity index (χ0n) is 8.96. The van der Waals surface area contributed by atoms with Crippen molar-refractivity contribution in [3.05, 3.63) is 0 Å². The largest absolute Gasteiger partial charge is 0.337 e. The summed E-state index contributed by atoms with van der Waals surface area (Å²) in [5, 5.41) is 3.35. The number of carbonyl (C=O) groups is 1. The van der Waals surface area contributed by atoms with E-state index in [1.807, 2.05) is 6.92 Å². The van der Waals surface area contributed by atoms with E-state index in [1.165, 1.54) is 12.8 Å². The minimum absolute atomic E-state index is 0.361. The van der Waals surface area contributed by atoms with Crippen molar-refractivity contribution in [1.29, 1.82) is 0 Å². The molecule has 3 nitrogen and oxygen atoms in total.